The van der Waals surface area contributed by atoms with Crippen LogP contribution in [0.1, 0.15) is 27.7 Å². The van der Waals surface area contributed by atoms with E-state index >= 15 is 0 Å². The minimum absolute atomic E-state index is 0.218. The lowest BCUT2D eigenvalue weighted by atomic mass is 10.2. The molecule has 0 aromatic rings. The number of carbonyl (C=O) groups is 2. The van der Waals surface area contributed by atoms with Crippen LogP contribution in [-0.2, 0) is 9.53 Å². The second-order valence-corrected chi connectivity index (χ2v) is 5.62. The van der Waals surface area contributed by atoms with E-state index in [-0.39, 0.29) is 5.25 Å². The third-order valence-corrected chi connectivity index (χ3v) is 2.80. The predicted molar refractivity (Wildman–Crippen MR) is 63.8 cm³/mol. The highest BCUT2D eigenvalue weighted by Crippen LogP contribution is 2.12. The lowest BCUT2D eigenvalue weighted by Gasteiger charge is -2.24. The van der Waals surface area contributed by atoms with E-state index in [1.165, 1.54) is 11.8 Å². The zero-order chi connectivity index (χ0) is 12.9. The van der Waals surface area contributed by atoms with Gasteiger partial charge in [0.2, 0.25) is 0 Å². The summed E-state index contributed by atoms with van der Waals surface area (Å²) in [5.41, 5.74) is -0.629. The minimum Gasteiger partial charge on any atom is -0.480 e. The molecular weight excluding hydrogens is 230 g/mol. The van der Waals surface area contributed by atoms with Gasteiger partial charge in [-0.05, 0) is 27.0 Å². The molecule has 0 unspecified atom stereocenters. The zero-order valence-corrected chi connectivity index (χ0v) is 11.1. The van der Waals surface area contributed by atoms with Gasteiger partial charge in [-0.3, -0.25) is 0 Å². The molecule has 0 radical (unpaired) electrons. The Morgan fingerprint density at radius 3 is 2.19 bits per heavy atom. The molecule has 16 heavy (non-hydrogen) atoms. The van der Waals surface area contributed by atoms with Gasteiger partial charge in [-0.2, -0.15) is 11.8 Å². The van der Waals surface area contributed by atoms with Gasteiger partial charge in [0, 0.05) is 5.25 Å². The van der Waals surface area contributed by atoms with E-state index in [0.717, 1.165) is 0 Å². The molecule has 0 aromatic heterocycles. The molecule has 2 N–H and O–H groups in total. The smallest absolute Gasteiger partial charge is 0.408 e. The first kappa shape index (κ1) is 15.1. The number of nitrogens with one attached hydrogen (secondary N) is 1. The summed E-state index contributed by atoms with van der Waals surface area (Å²) >= 11 is 1.37. The molecule has 0 saturated heterocycles. The molecule has 0 aromatic carbocycles. The molecule has 0 aliphatic rings. The number of carboxylic acids is 1. The first-order valence-corrected chi connectivity index (χ1v) is 6.21. The average Bonchev–Trinajstić information content (AvgIpc) is 2.09. The van der Waals surface area contributed by atoms with Crippen LogP contribution in [0.3, 0.4) is 0 Å². The zero-order valence-electron chi connectivity index (χ0n) is 10.2. The standard InChI is InChI=1S/C10H19NO4S/c1-6(16-5)7(8(12)13)11-9(14)15-10(2,3)4/h6-7H,1-5H3,(H,11,14)(H,12,13)/t6-,7+/m0/s1. The summed E-state index contributed by atoms with van der Waals surface area (Å²) in [7, 11) is 0. The molecule has 0 saturated carbocycles. The third-order valence-electron chi connectivity index (χ3n) is 1.78. The number of rotatable bonds is 4. The number of alkyl carbamates (subject to hydrolysis) is 1. The fourth-order valence-electron chi connectivity index (χ4n) is 0.950. The molecule has 94 valence electrons. The third kappa shape index (κ3) is 5.85. The lowest BCUT2D eigenvalue weighted by Crippen LogP contribution is -2.48. The molecule has 0 aliphatic carbocycles. The Bertz CT molecular complexity index is 262. The van der Waals surface area contributed by atoms with Gasteiger partial charge in [-0.25, -0.2) is 9.59 Å². The molecule has 0 fully saturated rings. The van der Waals surface area contributed by atoms with Gasteiger partial charge in [-0.15, -0.1) is 0 Å². The quantitative estimate of drug-likeness (QED) is 0.793. The van der Waals surface area contributed by atoms with Crippen molar-refractivity contribution in [3.63, 3.8) is 0 Å². The number of hydrogen-bond donors (Lipinski definition) is 2. The molecule has 1 amide bonds. The molecule has 0 bridgehead atoms. The van der Waals surface area contributed by atoms with Crippen LogP contribution in [0.4, 0.5) is 4.79 Å². The normalized spacial score (nSPS) is 15.1. The minimum atomic E-state index is -1.06. The lowest BCUT2D eigenvalue weighted by molar-refractivity contribution is -0.139. The Balaban J connectivity index is 4.42. The Labute approximate surface area is 99.9 Å². The van der Waals surface area contributed by atoms with Crippen molar-refractivity contribution < 1.29 is 19.4 Å². The Morgan fingerprint density at radius 1 is 1.38 bits per heavy atom. The van der Waals surface area contributed by atoms with E-state index in [0.29, 0.717) is 0 Å². The van der Waals surface area contributed by atoms with Crippen LogP contribution < -0.4 is 5.32 Å². The van der Waals surface area contributed by atoms with Crippen molar-refractivity contribution in [1.82, 2.24) is 5.32 Å². The van der Waals surface area contributed by atoms with E-state index in [4.69, 9.17) is 9.84 Å². The molecule has 6 heteroatoms. The van der Waals surface area contributed by atoms with Crippen molar-refractivity contribution in [2.45, 2.75) is 44.6 Å². The first-order chi connectivity index (χ1) is 7.17. The van der Waals surface area contributed by atoms with Crippen molar-refractivity contribution in [3.8, 4) is 0 Å². The number of thioether (sulfide) groups is 1. The number of carbonyl (C=O) groups excluding carboxylic acids is 1. The van der Waals surface area contributed by atoms with Crippen LogP contribution >= 0.6 is 11.8 Å². The fraction of sp³-hybridized carbons (Fsp3) is 0.800. The molecule has 0 aliphatic heterocycles. The number of hydrogen-bond acceptors (Lipinski definition) is 4. The molecule has 5 nitrogen and oxygen atoms in total. The van der Waals surface area contributed by atoms with Gasteiger partial charge < -0.3 is 15.2 Å². The second-order valence-electron chi connectivity index (χ2n) is 4.40. The summed E-state index contributed by atoms with van der Waals surface area (Å²) < 4.78 is 4.99. The van der Waals surface area contributed by atoms with E-state index in [9.17, 15) is 9.59 Å². The average molecular weight is 249 g/mol. The Kier molecular flexibility index (Phi) is 5.64. The second kappa shape index (κ2) is 5.98. The number of ether oxygens (including phenoxy) is 1. The van der Waals surface area contributed by atoms with E-state index in [1.807, 2.05) is 0 Å². The number of amides is 1. The summed E-state index contributed by atoms with van der Waals surface area (Å²) in [5, 5.41) is 11.1. The van der Waals surface area contributed by atoms with Gasteiger partial charge in [0.25, 0.3) is 0 Å². The fourth-order valence-corrected chi connectivity index (χ4v) is 1.41. The van der Waals surface area contributed by atoms with Crippen LogP contribution in [0.15, 0.2) is 0 Å². The Hall–Kier alpha value is -0.910. The largest absolute Gasteiger partial charge is 0.480 e. The molecule has 0 rings (SSSR count). The van der Waals surface area contributed by atoms with Gasteiger partial charge in [0.15, 0.2) is 0 Å². The maximum Gasteiger partial charge on any atom is 0.408 e. The maximum absolute atomic E-state index is 11.4. The molecule has 2 atom stereocenters. The van der Waals surface area contributed by atoms with Gasteiger partial charge in [0.05, 0.1) is 0 Å². The van der Waals surface area contributed by atoms with Crippen LogP contribution in [0.2, 0.25) is 0 Å². The first-order valence-electron chi connectivity index (χ1n) is 4.92. The summed E-state index contributed by atoms with van der Waals surface area (Å²) in [4.78, 5) is 22.3. The number of carboxylic acid groups (broad SMARTS) is 1. The predicted octanol–water partition coefficient (Wildman–Crippen LogP) is 1.72. The molecule has 0 spiro atoms. The van der Waals surface area contributed by atoms with Gasteiger partial charge in [0.1, 0.15) is 11.6 Å². The highest BCUT2D eigenvalue weighted by atomic mass is 32.2. The van der Waals surface area contributed by atoms with Crippen molar-refractivity contribution in [2.24, 2.45) is 0 Å². The van der Waals surface area contributed by atoms with Crippen molar-refractivity contribution >= 4 is 23.8 Å². The van der Waals surface area contributed by atoms with Crippen LogP contribution in [0, 0.1) is 0 Å². The highest BCUT2D eigenvalue weighted by Gasteiger charge is 2.28. The van der Waals surface area contributed by atoms with Crippen LogP contribution in [0.5, 0.6) is 0 Å². The molecule has 0 heterocycles. The summed E-state index contributed by atoms with van der Waals surface area (Å²) in [6.07, 6.45) is 1.08. The summed E-state index contributed by atoms with van der Waals surface area (Å²) in [5.74, 6) is -1.06. The summed E-state index contributed by atoms with van der Waals surface area (Å²) in [6.45, 7) is 6.90. The molecular formula is C10H19NO4S. The van der Waals surface area contributed by atoms with Crippen LogP contribution in [0.25, 0.3) is 0 Å². The monoisotopic (exact) mass is 249 g/mol. The SMILES string of the molecule is CS[C@@H](C)[C@@H](NC(=O)OC(C)(C)C)C(=O)O. The topological polar surface area (TPSA) is 75.6 Å². The van der Waals surface area contributed by atoms with Gasteiger partial charge in [-0.1, -0.05) is 6.92 Å². The van der Waals surface area contributed by atoms with E-state index in [1.54, 1.807) is 34.0 Å². The van der Waals surface area contributed by atoms with Gasteiger partial charge >= 0.3 is 12.1 Å². The van der Waals surface area contributed by atoms with E-state index in [2.05, 4.69) is 5.32 Å². The van der Waals surface area contributed by atoms with Crippen LogP contribution in [-0.4, -0.2) is 40.3 Å². The van der Waals surface area contributed by atoms with Crippen molar-refractivity contribution in [3.05, 3.63) is 0 Å². The van der Waals surface area contributed by atoms with Crippen molar-refractivity contribution in [2.75, 3.05) is 6.26 Å². The van der Waals surface area contributed by atoms with E-state index < -0.39 is 23.7 Å². The number of aliphatic carboxylic acids is 1. The summed E-state index contributed by atoms with van der Waals surface area (Å²) in [6, 6.07) is -0.940. The Morgan fingerprint density at radius 2 is 1.88 bits per heavy atom. The highest BCUT2D eigenvalue weighted by molar-refractivity contribution is 7.99. The maximum atomic E-state index is 11.4. The van der Waals surface area contributed by atoms with Crippen molar-refractivity contribution in [1.29, 1.82) is 0 Å².